The van der Waals surface area contributed by atoms with Crippen LogP contribution in [-0.2, 0) is 6.54 Å². The Hall–Kier alpha value is -2.13. The van der Waals surface area contributed by atoms with Crippen LogP contribution in [0.15, 0.2) is 36.4 Å². The predicted molar refractivity (Wildman–Crippen MR) is 110 cm³/mol. The van der Waals surface area contributed by atoms with E-state index in [0.29, 0.717) is 6.04 Å². The molecule has 0 amide bonds. The lowest BCUT2D eigenvalue weighted by Gasteiger charge is -2.29. The van der Waals surface area contributed by atoms with Crippen molar-refractivity contribution < 1.29 is 4.79 Å². The molecule has 0 radical (unpaired) electrons. The Morgan fingerprint density at radius 1 is 1.00 bits per heavy atom. The summed E-state index contributed by atoms with van der Waals surface area (Å²) in [5.74, 6) is 0. The van der Waals surface area contributed by atoms with Crippen LogP contribution in [0.25, 0.3) is 11.1 Å². The summed E-state index contributed by atoms with van der Waals surface area (Å²) in [5, 5.41) is 0. The van der Waals surface area contributed by atoms with Crippen molar-refractivity contribution in [3.05, 3.63) is 53.1 Å². The van der Waals surface area contributed by atoms with Crippen molar-refractivity contribution in [2.45, 2.75) is 45.2 Å². The standard InChI is InChI=1S/C23H30N2O/c1-17-21(16-26)13-20(14-23(17)25(4)22-7-5-6-8-22)19-11-9-18(10-12-19)15-24(2)3/h9-14,16,22H,5-8,15H2,1-4H3. The maximum Gasteiger partial charge on any atom is 0.150 e. The van der Waals surface area contributed by atoms with Crippen molar-refractivity contribution in [2.75, 3.05) is 26.0 Å². The van der Waals surface area contributed by atoms with E-state index in [0.717, 1.165) is 35.1 Å². The number of benzene rings is 2. The van der Waals surface area contributed by atoms with Crippen molar-refractivity contribution in [2.24, 2.45) is 0 Å². The Labute approximate surface area is 157 Å². The maximum atomic E-state index is 11.7. The molecular formula is C23H30N2O. The van der Waals surface area contributed by atoms with E-state index in [9.17, 15) is 4.79 Å². The fraction of sp³-hybridized carbons (Fsp3) is 0.435. The molecule has 3 heteroatoms. The van der Waals surface area contributed by atoms with E-state index in [1.54, 1.807) is 0 Å². The van der Waals surface area contributed by atoms with Gasteiger partial charge in [0.05, 0.1) is 0 Å². The Morgan fingerprint density at radius 2 is 1.65 bits per heavy atom. The van der Waals surface area contributed by atoms with E-state index in [2.05, 4.69) is 68.2 Å². The lowest BCUT2D eigenvalue weighted by Crippen LogP contribution is -2.29. The van der Waals surface area contributed by atoms with Gasteiger partial charge in [0.1, 0.15) is 6.29 Å². The van der Waals surface area contributed by atoms with Crippen LogP contribution in [0.4, 0.5) is 5.69 Å². The summed E-state index contributed by atoms with van der Waals surface area (Å²) in [5.41, 5.74) is 6.64. The molecule has 2 aromatic rings. The second-order valence-electron chi connectivity index (χ2n) is 7.81. The highest BCUT2D eigenvalue weighted by Gasteiger charge is 2.22. The molecule has 0 aliphatic heterocycles. The molecule has 0 spiro atoms. The van der Waals surface area contributed by atoms with Gasteiger partial charge in [-0.05, 0) is 68.2 Å². The molecule has 1 aliphatic rings. The molecule has 3 rings (SSSR count). The van der Waals surface area contributed by atoms with Gasteiger partial charge in [0.25, 0.3) is 0 Å². The average Bonchev–Trinajstić information content (AvgIpc) is 3.16. The summed E-state index contributed by atoms with van der Waals surface area (Å²) in [4.78, 5) is 16.2. The number of hydrogen-bond donors (Lipinski definition) is 0. The monoisotopic (exact) mass is 350 g/mol. The highest BCUT2D eigenvalue weighted by atomic mass is 16.1. The largest absolute Gasteiger partial charge is 0.371 e. The van der Waals surface area contributed by atoms with Gasteiger partial charge < -0.3 is 9.80 Å². The number of hydrogen-bond acceptors (Lipinski definition) is 3. The first-order chi connectivity index (χ1) is 12.5. The molecule has 0 saturated heterocycles. The quantitative estimate of drug-likeness (QED) is 0.691. The minimum Gasteiger partial charge on any atom is -0.371 e. The summed E-state index contributed by atoms with van der Waals surface area (Å²) in [7, 11) is 6.33. The zero-order chi connectivity index (χ0) is 18.7. The first-order valence-corrected chi connectivity index (χ1v) is 9.56. The van der Waals surface area contributed by atoms with Gasteiger partial charge in [-0.1, -0.05) is 37.1 Å². The van der Waals surface area contributed by atoms with Crippen molar-refractivity contribution >= 4 is 12.0 Å². The van der Waals surface area contributed by atoms with Crippen LogP contribution in [0.3, 0.4) is 0 Å². The first-order valence-electron chi connectivity index (χ1n) is 9.56. The second kappa shape index (κ2) is 8.05. The number of aldehydes is 1. The van der Waals surface area contributed by atoms with E-state index in [4.69, 9.17) is 0 Å². The fourth-order valence-electron chi connectivity index (χ4n) is 4.03. The van der Waals surface area contributed by atoms with Gasteiger partial charge in [0, 0.05) is 30.9 Å². The lowest BCUT2D eigenvalue weighted by atomic mass is 9.96. The molecule has 0 N–H and O–H groups in total. The van der Waals surface area contributed by atoms with Crippen LogP contribution >= 0.6 is 0 Å². The zero-order valence-electron chi connectivity index (χ0n) is 16.5. The summed E-state index contributed by atoms with van der Waals surface area (Å²) >= 11 is 0. The van der Waals surface area contributed by atoms with E-state index >= 15 is 0 Å². The SMILES string of the molecule is Cc1c(C=O)cc(-c2ccc(CN(C)C)cc2)cc1N(C)C1CCCC1. The van der Waals surface area contributed by atoms with Crippen LogP contribution in [0.5, 0.6) is 0 Å². The number of carbonyl (C=O) groups is 1. The minimum absolute atomic E-state index is 0.589. The van der Waals surface area contributed by atoms with Gasteiger partial charge in [0.15, 0.2) is 0 Å². The molecule has 0 bridgehead atoms. The van der Waals surface area contributed by atoms with Crippen molar-refractivity contribution in [3.63, 3.8) is 0 Å². The molecule has 1 saturated carbocycles. The van der Waals surface area contributed by atoms with E-state index in [-0.39, 0.29) is 0 Å². The third-order valence-corrected chi connectivity index (χ3v) is 5.59. The molecule has 0 aromatic heterocycles. The Kier molecular flexibility index (Phi) is 5.77. The third-order valence-electron chi connectivity index (χ3n) is 5.59. The molecule has 0 unspecified atom stereocenters. The fourth-order valence-corrected chi connectivity index (χ4v) is 4.03. The molecule has 138 valence electrons. The van der Waals surface area contributed by atoms with Gasteiger partial charge in [-0.2, -0.15) is 0 Å². The van der Waals surface area contributed by atoms with Crippen molar-refractivity contribution in [3.8, 4) is 11.1 Å². The lowest BCUT2D eigenvalue weighted by molar-refractivity contribution is 0.112. The number of carbonyl (C=O) groups excluding carboxylic acids is 1. The smallest absolute Gasteiger partial charge is 0.150 e. The Bertz CT molecular complexity index is 759. The second-order valence-corrected chi connectivity index (χ2v) is 7.81. The molecule has 26 heavy (non-hydrogen) atoms. The van der Waals surface area contributed by atoms with Gasteiger partial charge in [-0.15, -0.1) is 0 Å². The van der Waals surface area contributed by atoms with Crippen LogP contribution in [0, 0.1) is 6.92 Å². The summed E-state index contributed by atoms with van der Waals surface area (Å²) < 4.78 is 0. The van der Waals surface area contributed by atoms with Crippen LogP contribution in [0.1, 0.15) is 47.2 Å². The predicted octanol–water partition coefficient (Wildman–Crippen LogP) is 4.91. The highest BCUT2D eigenvalue weighted by Crippen LogP contribution is 2.34. The molecule has 0 heterocycles. The van der Waals surface area contributed by atoms with Gasteiger partial charge in [-0.25, -0.2) is 0 Å². The summed E-state index contributed by atoms with van der Waals surface area (Å²) in [6.45, 7) is 3.00. The van der Waals surface area contributed by atoms with Crippen LogP contribution < -0.4 is 4.90 Å². The average molecular weight is 351 g/mol. The van der Waals surface area contributed by atoms with E-state index < -0.39 is 0 Å². The van der Waals surface area contributed by atoms with E-state index in [1.807, 2.05) is 6.07 Å². The van der Waals surface area contributed by atoms with Crippen LogP contribution in [-0.4, -0.2) is 38.4 Å². The Morgan fingerprint density at radius 3 is 2.23 bits per heavy atom. The normalized spacial score (nSPS) is 14.8. The minimum atomic E-state index is 0.589. The molecule has 3 nitrogen and oxygen atoms in total. The first kappa shape index (κ1) is 18.7. The molecule has 0 atom stereocenters. The summed E-state index contributed by atoms with van der Waals surface area (Å²) in [6, 6.07) is 13.5. The molecule has 2 aromatic carbocycles. The van der Waals surface area contributed by atoms with Crippen molar-refractivity contribution in [1.82, 2.24) is 4.90 Å². The zero-order valence-corrected chi connectivity index (χ0v) is 16.5. The van der Waals surface area contributed by atoms with E-state index in [1.165, 1.54) is 36.9 Å². The van der Waals surface area contributed by atoms with Gasteiger partial charge in [0.2, 0.25) is 0 Å². The molecule has 1 aliphatic carbocycles. The number of anilines is 1. The maximum absolute atomic E-state index is 11.7. The number of nitrogens with zero attached hydrogens (tertiary/aromatic N) is 2. The summed E-state index contributed by atoms with van der Waals surface area (Å²) in [6.07, 6.45) is 6.10. The third kappa shape index (κ3) is 3.99. The van der Waals surface area contributed by atoms with Gasteiger partial charge in [-0.3, -0.25) is 4.79 Å². The topological polar surface area (TPSA) is 23.6 Å². The highest BCUT2D eigenvalue weighted by molar-refractivity contribution is 5.85. The molecule has 1 fully saturated rings. The number of rotatable bonds is 6. The van der Waals surface area contributed by atoms with Crippen molar-refractivity contribution in [1.29, 1.82) is 0 Å². The van der Waals surface area contributed by atoms with Gasteiger partial charge >= 0.3 is 0 Å². The Balaban J connectivity index is 1.96. The van der Waals surface area contributed by atoms with Crippen LogP contribution in [0.2, 0.25) is 0 Å². The molecular weight excluding hydrogens is 320 g/mol.